The lowest BCUT2D eigenvalue weighted by Gasteiger charge is -2.09. The van der Waals surface area contributed by atoms with Crippen LogP contribution in [0.25, 0.3) is 0 Å². The Labute approximate surface area is 134 Å². The van der Waals surface area contributed by atoms with Crippen molar-refractivity contribution in [1.82, 2.24) is 10.0 Å². The van der Waals surface area contributed by atoms with Crippen LogP contribution in [0.1, 0.15) is 38.7 Å². The summed E-state index contributed by atoms with van der Waals surface area (Å²) in [5.74, 6) is 0.868. The molecule has 0 amide bonds. The van der Waals surface area contributed by atoms with E-state index in [1.165, 1.54) is 5.56 Å². The fourth-order valence-electron chi connectivity index (χ4n) is 1.91. The molecule has 2 N–H and O–H groups in total. The molecule has 0 heterocycles. The van der Waals surface area contributed by atoms with Crippen LogP contribution in [0.15, 0.2) is 24.3 Å². The number of nitrogens with one attached hydrogen (secondary N) is 2. The predicted molar refractivity (Wildman–Crippen MR) is 90.6 cm³/mol. The highest BCUT2D eigenvalue weighted by Crippen LogP contribution is 2.10. The number of rotatable bonds is 11. The van der Waals surface area contributed by atoms with E-state index in [4.69, 9.17) is 4.74 Å². The number of methoxy groups -OCH3 is 1. The van der Waals surface area contributed by atoms with E-state index in [2.05, 4.69) is 10.0 Å². The molecular formula is C16H28N2O3S. The zero-order valence-corrected chi connectivity index (χ0v) is 14.6. The van der Waals surface area contributed by atoms with E-state index in [-0.39, 0.29) is 5.25 Å². The van der Waals surface area contributed by atoms with Gasteiger partial charge in [0.2, 0.25) is 10.0 Å². The Morgan fingerprint density at radius 2 is 1.68 bits per heavy atom. The second kappa shape index (κ2) is 9.82. The van der Waals surface area contributed by atoms with Crippen LogP contribution in [0, 0.1) is 0 Å². The normalized spacial score (nSPS) is 11.8. The standard InChI is InChI=1S/C16H28N2O3S/c1-14(2)22(19,20)18-12-6-4-5-11-17-13-15-7-9-16(21-3)10-8-15/h7-10,14,17-18H,4-6,11-13H2,1-3H3. The van der Waals surface area contributed by atoms with E-state index in [1.807, 2.05) is 24.3 Å². The number of sulfonamides is 1. The fraction of sp³-hybridized carbons (Fsp3) is 0.625. The highest BCUT2D eigenvalue weighted by molar-refractivity contribution is 7.90. The van der Waals surface area contributed by atoms with Gasteiger partial charge in [-0.15, -0.1) is 0 Å². The molecule has 0 atom stereocenters. The summed E-state index contributed by atoms with van der Waals surface area (Å²) in [4.78, 5) is 0. The average molecular weight is 328 g/mol. The van der Waals surface area contributed by atoms with E-state index < -0.39 is 10.0 Å². The van der Waals surface area contributed by atoms with Gasteiger partial charge in [0.1, 0.15) is 5.75 Å². The molecule has 0 unspecified atom stereocenters. The van der Waals surface area contributed by atoms with Gasteiger partial charge in [-0.1, -0.05) is 18.6 Å². The number of hydrogen-bond donors (Lipinski definition) is 2. The molecule has 0 saturated carbocycles. The molecule has 0 aliphatic heterocycles. The summed E-state index contributed by atoms with van der Waals surface area (Å²) < 4.78 is 30.8. The van der Waals surface area contributed by atoms with Gasteiger partial charge in [0.15, 0.2) is 0 Å². The first-order valence-electron chi connectivity index (χ1n) is 7.78. The van der Waals surface area contributed by atoms with Gasteiger partial charge in [0.05, 0.1) is 12.4 Å². The van der Waals surface area contributed by atoms with Crippen LogP contribution in [-0.4, -0.2) is 33.9 Å². The molecule has 0 fully saturated rings. The zero-order chi connectivity index (χ0) is 16.4. The Balaban J connectivity index is 2.04. The van der Waals surface area contributed by atoms with Gasteiger partial charge in [-0.2, -0.15) is 0 Å². The molecule has 1 aromatic carbocycles. The minimum absolute atomic E-state index is 0.362. The van der Waals surface area contributed by atoms with E-state index in [0.717, 1.165) is 38.1 Å². The summed E-state index contributed by atoms with van der Waals surface area (Å²) >= 11 is 0. The van der Waals surface area contributed by atoms with E-state index >= 15 is 0 Å². The average Bonchev–Trinajstić information content (AvgIpc) is 2.50. The lowest BCUT2D eigenvalue weighted by molar-refractivity contribution is 0.414. The third kappa shape index (κ3) is 7.24. The topological polar surface area (TPSA) is 67.4 Å². The third-order valence-electron chi connectivity index (χ3n) is 3.44. The SMILES string of the molecule is COc1ccc(CNCCCCCNS(=O)(=O)C(C)C)cc1. The van der Waals surface area contributed by atoms with Gasteiger partial charge in [-0.25, -0.2) is 13.1 Å². The maximum atomic E-state index is 11.5. The van der Waals surface area contributed by atoms with Gasteiger partial charge >= 0.3 is 0 Å². The van der Waals surface area contributed by atoms with E-state index in [0.29, 0.717) is 6.54 Å². The van der Waals surface area contributed by atoms with Gasteiger partial charge in [0, 0.05) is 13.1 Å². The molecule has 0 aliphatic rings. The highest BCUT2D eigenvalue weighted by Gasteiger charge is 2.13. The molecule has 126 valence electrons. The molecule has 1 aromatic rings. The first-order chi connectivity index (χ1) is 10.5. The summed E-state index contributed by atoms with van der Waals surface area (Å²) in [6.45, 7) is 5.67. The van der Waals surface area contributed by atoms with Gasteiger partial charge in [-0.05, 0) is 50.9 Å². The highest BCUT2D eigenvalue weighted by atomic mass is 32.2. The monoisotopic (exact) mass is 328 g/mol. The van der Waals surface area contributed by atoms with Crippen LogP contribution in [-0.2, 0) is 16.6 Å². The van der Waals surface area contributed by atoms with E-state index in [9.17, 15) is 8.42 Å². The van der Waals surface area contributed by atoms with Crippen molar-refractivity contribution in [3.05, 3.63) is 29.8 Å². The number of hydrogen-bond acceptors (Lipinski definition) is 4. The minimum Gasteiger partial charge on any atom is -0.497 e. The van der Waals surface area contributed by atoms with Crippen molar-refractivity contribution >= 4 is 10.0 Å². The molecule has 6 heteroatoms. The molecule has 0 bridgehead atoms. The van der Waals surface area contributed by atoms with Crippen molar-refractivity contribution in [3.63, 3.8) is 0 Å². The third-order valence-corrected chi connectivity index (χ3v) is 5.29. The molecule has 0 saturated heterocycles. The van der Waals surface area contributed by atoms with Crippen molar-refractivity contribution in [3.8, 4) is 5.75 Å². The predicted octanol–water partition coefficient (Wildman–Crippen LogP) is 2.28. The summed E-state index contributed by atoms with van der Waals surface area (Å²) in [6.07, 6.45) is 2.92. The van der Waals surface area contributed by atoms with Crippen LogP contribution in [0.2, 0.25) is 0 Å². The van der Waals surface area contributed by atoms with Crippen LogP contribution in [0.5, 0.6) is 5.75 Å². The van der Waals surface area contributed by atoms with Crippen molar-refractivity contribution in [2.24, 2.45) is 0 Å². The number of benzene rings is 1. The van der Waals surface area contributed by atoms with Crippen LogP contribution < -0.4 is 14.8 Å². The van der Waals surface area contributed by atoms with E-state index in [1.54, 1.807) is 21.0 Å². The minimum atomic E-state index is -3.11. The second-order valence-corrected chi connectivity index (χ2v) is 7.90. The van der Waals surface area contributed by atoms with Crippen molar-refractivity contribution in [2.45, 2.75) is 44.9 Å². The zero-order valence-electron chi connectivity index (χ0n) is 13.8. The number of unbranched alkanes of at least 4 members (excludes halogenated alkanes) is 2. The molecule has 1 rings (SSSR count). The Hall–Kier alpha value is -1.11. The Kier molecular flexibility index (Phi) is 8.45. The summed E-state index contributed by atoms with van der Waals surface area (Å²) in [5.41, 5.74) is 1.23. The van der Waals surface area contributed by atoms with Gasteiger partial charge in [0.25, 0.3) is 0 Å². The first kappa shape index (κ1) is 18.9. The molecule has 5 nitrogen and oxygen atoms in total. The summed E-state index contributed by atoms with van der Waals surface area (Å²) in [6, 6.07) is 8.01. The molecule has 0 aromatic heterocycles. The lowest BCUT2D eigenvalue weighted by atomic mass is 10.2. The molecular weight excluding hydrogens is 300 g/mol. The maximum absolute atomic E-state index is 11.5. The Morgan fingerprint density at radius 1 is 1.05 bits per heavy atom. The quantitative estimate of drug-likeness (QED) is 0.612. The van der Waals surface area contributed by atoms with Crippen molar-refractivity contribution < 1.29 is 13.2 Å². The van der Waals surface area contributed by atoms with Crippen LogP contribution in [0.3, 0.4) is 0 Å². The first-order valence-corrected chi connectivity index (χ1v) is 9.32. The summed E-state index contributed by atoms with van der Waals surface area (Å²) in [5, 5.41) is 3.02. The summed E-state index contributed by atoms with van der Waals surface area (Å²) in [7, 11) is -1.45. The smallest absolute Gasteiger partial charge is 0.213 e. The second-order valence-electron chi connectivity index (χ2n) is 5.57. The van der Waals surface area contributed by atoms with Crippen molar-refractivity contribution in [1.29, 1.82) is 0 Å². The lowest BCUT2D eigenvalue weighted by Crippen LogP contribution is -2.31. The fourth-order valence-corrected chi connectivity index (χ4v) is 2.67. The van der Waals surface area contributed by atoms with Crippen molar-refractivity contribution in [2.75, 3.05) is 20.2 Å². The van der Waals surface area contributed by atoms with Gasteiger partial charge in [-0.3, -0.25) is 0 Å². The molecule has 22 heavy (non-hydrogen) atoms. The molecule has 0 aliphatic carbocycles. The Morgan fingerprint density at radius 3 is 2.27 bits per heavy atom. The maximum Gasteiger partial charge on any atom is 0.213 e. The van der Waals surface area contributed by atoms with Crippen LogP contribution in [0.4, 0.5) is 0 Å². The van der Waals surface area contributed by atoms with Gasteiger partial charge < -0.3 is 10.1 Å². The Bertz CT molecular complexity index is 513. The van der Waals surface area contributed by atoms with Crippen LogP contribution >= 0.6 is 0 Å². The number of ether oxygens (including phenoxy) is 1. The molecule has 0 spiro atoms. The molecule has 0 radical (unpaired) electrons. The largest absolute Gasteiger partial charge is 0.497 e.